The first-order valence-corrected chi connectivity index (χ1v) is 23.9. The molecule has 10 N–H and O–H groups in total. The van der Waals surface area contributed by atoms with Gasteiger partial charge in [-0.1, -0.05) is 30.3 Å². The minimum atomic E-state index is -5.27. The van der Waals surface area contributed by atoms with E-state index < -0.39 is 107 Å². The number of nitrogens with two attached hydrogens (primary N) is 2. The van der Waals surface area contributed by atoms with Gasteiger partial charge in [0.25, 0.3) is 0 Å². The molecule has 2 aliphatic rings. The van der Waals surface area contributed by atoms with Crippen molar-refractivity contribution in [2.75, 3.05) is 31.2 Å². The number of nitrogens with zero attached hydrogens (tertiary/aromatic N) is 6. The SMILES string of the molecule is CC(C)(C)OC(=O)N[C@H](CCCCNC(=O)OCc1ccccc1)C(=O)O[C@H]1[C@@H](O)[C@H](n2cnc3c(N)ncnc32)O[C@H]1COP(=O)(O)O[C@H]1C[C@H](n2ccc(N)nc2=O)O[C@@H]1COP(=O)(O)O. The minimum absolute atomic E-state index is 0.0158. The van der Waals surface area contributed by atoms with Crippen LogP contribution in [0.2, 0.25) is 0 Å². The van der Waals surface area contributed by atoms with Gasteiger partial charge >= 0.3 is 39.5 Å². The number of anilines is 2. The fourth-order valence-corrected chi connectivity index (χ4v) is 8.26. The second kappa shape index (κ2) is 22.2. The van der Waals surface area contributed by atoms with E-state index in [4.69, 9.17) is 44.2 Å². The summed E-state index contributed by atoms with van der Waals surface area (Å²) >= 11 is 0. The Morgan fingerprint density at radius 3 is 2.40 bits per heavy atom. The number of carbonyl (C=O) groups is 3. The van der Waals surface area contributed by atoms with Crippen molar-refractivity contribution in [3.63, 3.8) is 0 Å². The second-order valence-corrected chi connectivity index (χ2v) is 19.0. The van der Waals surface area contributed by atoms with Gasteiger partial charge in [0.05, 0.1) is 19.5 Å². The molecule has 2 saturated heterocycles. The van der Waals surface area contributed by atoms with Crippen LogP contribution < -0.4 is 27.8 Å². The number of alkyl carbamates (subject to hydrolysis) is 2. The van der Waals surface area contributed by atoms with Crippen molar-refractivity contribution >= 4 is 56.6 Å². The van der Waals surface area contributed by atoms with Crippen LogP contribution >= 0.6 is 15.6 Å². The van der Waals surface area contributed by atoms with Crippen molar-refractivity contribution in [3.8, 4) is 0 Å². The van der Waals surface area contributed by atoms with Crippen molar-refractivity contribution in [3.05, 3.63) is 71.3 Å². The molecule has 372 valence electrons. The van der Waals surface area contributed by atoms with E-state index in [1.165, 1.54) is 23.2 Å². The van der Waals surface area contributed by atoms with Crippen LogP contribution in [-0.4, -0.2) is 129 Å². The lowest BCUT2D eigenvalue weighted by Crippen LogP contribution is -2.47. The van der Waals surface area contributed by atoms with Gasteiger partial charge in [0.1, 0.15) is 66.6 Å². The first kappa shape index (κ1) is 51.7. The van der Waals surface area contributed by atoms with E-state index in [0.29, 0.717) is 6.42 Å². The van der Waals surface area contributed by atoms with Crippen molar-refractivity contribution in [2.45, 2.75) is 108 Å². The molecule has 2 aliphatic heterocycles. The van der Waals surface area contributed by atoms with Crippen LogP contribution in [0.5, 0.6) is 0 Å². The third-order valence-electron chi connectivity index (χ3n) is 10.0. The Bertz CT molecular complexity index is 2540. The number of hydrogen-bond donors (Lipinski definition) is 8. The molecule has 68 heavy (non-hydrogen) atoms. The number of aliphatic hydroxyl groups is 1. The Kier molecular flexibility index (Phi) is 16.9. The first-order valence-electron chi connectivity index (χ1n) is 20.8. The summed E-state index contributed by atoms with van der Waals surface area (Å²) in [6.07, 6.45) is -8.74. The molecule has 0 spiro atoms. The average Bonchev–Trinajstić information content (AvgIpc) is 3.95. The molecular formula is C38H52N10O18P2. The largest absolute Gasteiger partial charge is 0.472 e. The zero-order chi connectivity index (χ0) is 49.4. The van der Waals surface area contributed by atoms with E-state index in [9.17, 15) is 48.1 Å². The number of esters is 1. The molecule has 28 nitrogen and oxygen atoms in total. The number of aromatic nitrogens is 6. The molecule has 0 radical (unpaired) electrons. The smallest absolute Gasteiger partial charge is 0.455 e. The number of phosphoric acid groups is 2. The summed E-state index contributed by atoms with van der Waals surface area (Å²) < 4.78 is 70.9. The topological polar surface area (TPSA) is 395 Å². The summed E-state index contributed by atoms with van der Waals surface area (Å²) in [7, 11) is -10.4. The molecule has 5 heterocycles. The van der Waals surface area contributed by atoms with Crippen molar-refractivity contribution in [1.82, 2.24) is 39.7 Å². The summed E-state index contributed by atoms with van der Waals surface area (Å²) in [5.41, 5.74) is 10.7. The number of rotatable bonds is 20. The highest BCUT2D eigenvalue weighted by molar-refractivity contribution is 7.47. The number of hydrogen-bond acceptors (Lipinski definition) is 21. The zero-order valence-corrected chi connectivity index (χ0v) is 38.5. The Morgan fingerprint density at radius 2 is 1.69 bits per heavy atom. The first-order chi connectivity index (χ1) is 32.1. The Hall–Kier alpha value is -5.64. The summed E-state index contributed by atoms with van der Waals surface area (Å²) in [6.45, 7) is 3.20. The monoisotopic (exact) mass is 998 g/mol. The van der Waals surface area contributed by atoms with Crippen LogP contribution in [-0.2, 0) is 57.8 Å². The molecule has 30 heteroatoms. The van der Waals surface area contributed by atoms with Crippen LogP contribution in [0.1, 0.15) is 64.5 Å². The number of phosphoric ester groups is 2. The van der Waals surface area contributed by atoms with Crippen molar-refractivity contribution < 1.29 is 80.6 Å². The number of ether oxygens (including phenoxy) is 5. The summed E-state index contributed by atoms with van der Waals surface area (Å²) in [5, 5.41) is 16.8. The number of aliphatic hydroxyl groups excluding tert-OH is 1. The average molecular weight is 999 g/mol. The highest BCUT2D eigenvalue weighted by Crippen LogP contribution is 2.50. The Morgan fingerprint density at radius 1 is 0.956 bits per heavy atom. The van der Waals surface area contributed by atoms with Crippen LogP contribution in [0.4, 0.5) is 21.2 Å². The van der Waals surface area contributed by atoms with Crippen LogP contribution in [0.25, 0.3) is 11.2 Å². The van der Waals surface area contributed by atoms with E-state index in [1.807, 2.05) is 6.07 Å². The minimum Gasteiger partial charge on any atom is -0.455 e. The molecule has 2 fully saturated rings. The number of carbonyl (C=O) groups excluding carboxylic acids is 3. The molecule has 1 unspecified atom stereocenters. The van der Waals surface area contributed by atoms with E-state index in [-0.39, 0.29) is 55.2 Å². The van der Waals surface area contributed by atoms with Gasteiger partial charge in [-0.15, -0.1) is 0 Å². The maximum absolute atomic E-state index is 14.0. The predicted octanol–water partition coefficient (Wildman–Crippen LogP) is 1.31. The number of unbranched alkanes of at least 4 members (excludes halogenated alkanes) is 1. The molecular weight excluding hydrogens is 946 g/mol. The standard InChI is InChI=1S/C38H52N10O18P2/c1-38(2,3)65-37(53)45-22(11-7-8-13-41-36(52)59-16-21-9-5-4-6-10-21)34(50)64-30-25(63-33(29(30)49)48-20-44-28-31(40)42-19-43-32(28)48)18-61-68(57,58)66-23-15-27(47-14-12-26(39)46-35(47)51)62-24(23)17-60-67(54,55)56/h4-6,9-10,12,14,19-20,22-25,27,29-30,33,49H,7-8,11,13,15-18H2,1-3H3,(H,41,52)(H,45,53)(H,57,58)(H2,39,46,51)(H2,40,42,43)(H2,54,55,56)/t22-,23+,24-,25+,27-,29-,30-,33-/m1/s1. The Balaban J connectivity index is 1.17. The predicted molar refractivity (Wildman–Crippen MR) is 231 cm³/mol. The van der Waals surface area contributed by atoms with Gasteiger partial charge in [-0.2, -0.15) is 4.98 Å². The van der Waals surface area contributed by atoms with Gasteiger partial charge in [-0.25, -0.2) is 43.3 Å². The fourth-order valence-electron chi connectivity index (χ4n) is 6.96. The zero-order valence-electron chi connectivity index (χ0n) is 36.7. The van der Waals surface area contributed by atoms with Crippen LogP contribution in [0.15, 0.2) is 60.0 Å². The molecule has 6 rings (SSSR count). The third kappa shape index (κ3) is 14.4. The molecule has 4 aromatic rings. The van der Waals surface area contributed by atoms with Gasteiger partial charge in [-0.05, 0) is 51.7 Å². The highest BCUT2D eigenvalue weighted by Gasteiger charge is 2.50. The molecule has 9 atom stereocenters. The van der Waals surface area contributed by atoms with Crippen molar-refractivity contribution in [1.29, 1.82) is 0 Å². The van der Waals surface area contributed by atoms with E-state index >= 15 is 0 Å². The molecule has 2 amide bonds. The van der Waals surface area contributed by atoms with Gasteiger partial charge < -0.3 is 65.6 Å². The number of fused-ring (bicyclic) bond motifs is 1. The maximum atomic E-state index is 14.0. The van der Waals surface area contributed by atoms with E-state index in [1.54, 1.807) is 45.0 Å². The number of imidazole rings is 1. The summed E-state index contributed by atoms with van der Waals surface area (Å²) in [4.78, 5) is 97.4. The van der Waals surface area contributed by atoms with Gasteiger partial charge in [0.15, 0.2) is 23.8 Å². The number of nitrogen functional groups attached to an aromatic ring is 2. The van der Waals surface area contributed by atoms with Crippen LogP contribution in [0.3, 0.4) is 0 Å². The third-order valence-corrected chi connectivity index (χ3v) is 11.5. The maximum Gasteiger partial charge on any atom is 0.472 e. The van der Waals surface area contributed by atoms with E-state index in [2.05, 4.69) is 35.1 Å². The van der Waals surface area contributed by atoms with Crippen LogP contribution in [0, 0.1) is 0 Å². The Labute approximate surface area is 386 Å². The second-order valence-electron chi connectivity index (χ2n) is 16.3. The van der Waals surface area contributed by atoms with Crippen molar-refractivity contribution in [2.24, 2.45) is 0 Å². The fraction of sp³-hybridized carbons (Fsp3) is 0.526. The van der Waals surface area contributed by atoms with E-state index in [0.717, 1.165) is 16.5 Å². The highest BCUT2D eigenvalue weighted by atomic mass is 31.2. The quantitative estimate of drug-likeness (QED) is 0.0268. The molecule has 3 aromatic heterocycles. The number of benzene rings is 1. The normalized spacial score (nSPS) is 23.1. The molecule has 0 aliphatic carbocycles. The molecule has 1 aromatic carbocycles. The molecule has 0 bridgehead atoms. The van der Waals surface area contributed by atoms with Gasteiger partial charge in [0.2, 0.25) is 0 Å². The lowest BCUT2D eigenvalue weighted by Gasteiger charge is -2.26. The number of amides is 2. The molecule has 0 saturated carbocycles. The summed E-state index contributed by atoms with van der Waals surface area (Å²) in [6, 6.07) is 8.88. The lowest BCUT2D eigenvalue weighted by atomic mass is 10.1. The summed E-state index contributed by atoms with van der Waals surface area (Å²) in [5.74, 6) is -1.23. The van der Waals surface area contributed by atoms with Gasteiger partial charge in [0, 0.05) is 19.2 Å². The number of nitrogens with one attached hydrogen (secondary N) is 2. The van der Waals surface area contributed by atoms with Gasteiger partial charge in [-0.3, -0.25) is 22.7 Å². The lowest BCUT2D eigenvalue weighted by molar-refractivity contribution is -0.159.